The molecular formula is C7H15O2. The summed E-state index contributed by atoms with van der Waals surface area (Å²) in [5, 5.41) is 0. The van der Waals surface area contributed by atoms with Crippen molar-refractivity contribution < 1.29 is 9.78 Å². The molecule has 0 unspecified atom stereocenters. The minimum atomic E-state index is 0.696. The Morgan fingerprint density at radius 1 is 1.33 bits per heavy atom. The van der Waals surface area contributed by atoms with Gasteiger partial charge in [0.05, 0.1) is 6.61 Å². The summed E-state index contributed by atoms with van der Waals surface area (Å²) in [6.45, 7) is 6.55. The SMILES string of the molecule is CCCCOO[C](C)C. The molecule has 55 valence electrons. The van der Waals surface area contributed by atoms with E-state index in [1.807, 2.05) is 13.8 Å². The van der Waals surface area contributed by atoms with Gasteiger partial charge in [-0.15, -0.1) is 0 Å². The second kappa shape index (κ2) is 6.05. The predicted molar refractivity (Wildman–Crippen MR) is 36.5 cm³/mol. The van der Waals surface area contributed by atoms with Gasteiger partial charge in [0, 0.05) is 0 Å². The molecule has 0 saturated heterocycles. The molecule has 9 heavy (non-hydrogen) atoms. The van der Waals surface area contributed by atoms with Crippen LogP contribution in [0.15, 0.2) is 0 Å². The van der Waals surface area contributed by atoms with Crippen molar-refractivity contribution in [2.24, 2.45) is 0 Å². The van der Waals surface area contributed by atoms with Crippen molar-refractivity contribution in [2.45, 2.75) is 33.6 Å². The molecule has 0 aromatic rings. The van der Waals surface area contributed by atoms with Crippen LogP contribution in [0.5, 0.6) is 0 Å². The van der Waals surface area contributed by atoms with Crippen LogP contribution in [-0.4, -0.2) is 6.61 Å². The average Bonchev–Trinajstić information content (AvgIpc) is 1.80. The fourth-order valence-electron chi connectivity index (χ4n) is 0.363. The molecule has 0 fully saturated rings. The quantitative estimate of drug-likeness (QED) is 0.324. The van der Waals surface area contributed by atoms with Crippen LogP contribution in [0, 0.1) is 6.10 Å². The summed E-state index contributed by atoms with van der Waals surface area (Å²) in [5.74, 6) is 0. The van der Waals surface area contributed by atoms with Gasteiger partial charge in [0.15, 0.2) is 0 Å². The molecule has 0 saturated carbocycles. The number of rotatable bonds is 5. The Hall–Kier alpha value is -0.0800. The van der Waals surface area contributed by atoms with E-state index in [4.69, 9.17) is 9.78 Å². The first-order valence-corrected chi connectivity index (χ1v) is 3.37. The van der Waals surface area contributed by atoms with E-state index in [1.165, 1.54) is 0 Å². The van der Waals surface area contributed by atoms with Crippen LogP contribution >= 0.6 is 0 Å². The average molecular weight is 131 g/mol. The summed E-state index contributed by atoms with van der Waals surface area (Å²) < 4.78 is 0. The molecule has 2 heteroatoms. The molecular weight excluding hydrogens is 116 g/mol. The summed E-state index contributed by atoms with van der Waals surface area (Å²) in [5.41, 5.74) is 0. The molecule has 0 aliphatic carbocycles. The minimum Gasteiger partial charge on any atom is -0.236 e. The van der Waals surface area contributed by atoms with Crippen LogP contribution in [-0.2, 0) is 9.78 Å². The van der Waals surface area contributed by atoms with Gasteiger partial charge in [-0.3, -0.25) is 0 Å². The highest BCUT2D eigenvalue weighted by atomic mass is 17.2. The summed E-state index contributed by atoms with van der Waals surface area (Å²) in [7, 11) is 0. The van der Waals surface area contributed by atoms with Gasteiger partial charge in [-0.1, -0.05) is 13.3 Å². The molecule has 0 bridgehead atoms. The Bertz CT molecular complexity index is 52.9. The standard InChI is InChI=1S/C7H15O2/c1-4-5-6-8-9-7(2)3/h4-6H2,1-3H3. The first-order valence-electron chi connectivity index (χ1n) is 3.37. The van der Waals surface area contributed by atoms with Crippen molar-refractivity contribution in [3.63, 3.8) is 0 Å². The van der Waals surface area contributed by atoms with E-state index in [0.717, 1.165) is 18.9 Å². The highest BCUT2D eigenvalue weighted by Crippen LogP contribution is 1.98. The van der Waals surface area contributed by atoms with E-state index in [-0.39, 0.29) is 0 Å². The second-order valence-corrected chi connectivity index (χ2v) is 2.17. The largest absolute Gasteiger partial charge is 0.236 e. The summed E-state index contributed by atoms with van der Waals surface area (Å²) >= 11 is 0. The van der Waals surface area contributed by atoms with Crippen LogP contribution in [0.1, 0.15) is 33.6 Å². The zero-order chi connectivity index (χ0) is 7.11. The first-order chi connectivity index (χ1) is 4.27. The second-order valence-electron chi connectivity index (χ2n) is 2.17. The highest BCUT2D eigenvalue weighted by molar-refractivity contribution is 4.55. The summed E-state index contributed by atoms with van der Waals surface area (Å²) in [6.07, 6.45) is 3.06. The van der Waals surface area contributed by atoms with E-state index >= 15 is 0 Å². The van der Waals surface area contributed by atoms with Gasteiger partial charge in [-0.05, 0) is 20.3 Å². The van der Waals surface area contributed by atoms with Crippen molar-refractivity contribution in [3.05, 3.63) is 6.10 Å². The van der Waals surface area contributed by atoms with Crippen molar-refractivity contribution in [3.8, 4) is 0 Å². The summed E-state index contributed by atoms with van der Waals surface area (Å²) in [6, 6.07) is 0. The first kappa shape index (κ1) is 8.92. The molecule has 0 aromatic heterocycles. The van der Waals surface area contributed by atoms with E-state index in [1.54, 1.807) is 0 Å². The van der Waals surface area contributed by atoms with Crippen molar-refractivity contribution >= 4 is 0 Å². The number of unbranched alkanes of at least 4 members (excludes halogenated alkanes) is 1. The maximum atomic E-state index is 4.80. The summed E-state index contributed by atoms with van der Waals surface area (Å²) in [4.78, 5) is 9.56. The Morgan fingerprint density at radius 3 is 2.44 bits per heavy atom. The van der Waals surface area contributed by atoms with Gasteiger partial charge in [-0.2, -0.15) is 0 Å². The molecule has 0 aliphatic heterocycles. The monoisotopic (exact) mass is 131 g/mol. The van der Waals surface area contributed by atoms with E-state index in [2.05, 4.69) is 6.92 Å². The lowest BCUT2D eigenvalue weighted by atomic mass is 10.4. The van der Waals surface area contributed by atoms with Crippen LogP contribution in [0.25, 0.3) is 0 Å². The predicted octanol–water partition coefficient (Wildman–Crippen LogP) is 2.31. The van der Waals surface area contributed by atoms with Gasteiger partial charge in [0.2, 0.25) is 0 Å². The van der Waals surface area contributed by atoms with Gasteiger partial charge in [-0.25, -0.2) is 9.78 Å². The molecule has 0 spiro atoms. The lowest BCUT2D eigenvalue weighted by molar-refractivity contribution is -0.284. The number of hydrogen-bond donors (Lipinski definition) is 0. The normalized spacial score (nSPS) is 10.7. The molecule has 2 nitrogen and oxygen atoms in total. The van der Waals surface area contributed by atoms with Gasteiger partial charge >= 0.3 is 0 Å². The van der Waals surface area contributed by atoms with Crippen molar-refractivity contribution in [1.82, 2.24) is 0 Å². The maximum absolute atomic E-state index is 4.80. The molecule has 0 aromatic carbocycles. The zero-order valence-electron chi connectivity index (χ0n) is 6.44. The topological polar surface area (TPSA) is 18.5 Å². The molecule has 1 radical (unpaired) electrons. The van der Waals surface area contributed by atoms with Crippen molar-refractivity contribution in [1.29, 1.82) is 0 Å². The fourth-order valence-corrected chi connectivity index (χ4v) is 0.363. The Balaban J connectivity index is 2.75. The third-order valence-corrected chi connectivity index (χ3v) is 0.807. The Labute approximate surface area is 57.1 Å². The molecule has 0 rings (SSSR count). The molecule has 0 amide bonds. The molecule has 0 atom stereocenters. The van der Waals surface area contributed by atoms with Crippen LogP contribution in [0.3, 0.4) is 0 Å². The van der Waals surface area contributed by atoms with Gasteiger partial charge in [0.25, 0.3) is 0 Å². The number of hydrogen-bond acceptors (Lipinski definition) is 2. The Kier molecular flexibility index (Phi) is 5.99. The lowest BCUT2D eigenvalue weighted by Crippen LogP contribution is -1.97. The van der Waals surface area contributed by atoms with Gasteiger partial charge in [0.1, 0.15) is 6.10 Å². The lowest BCUT2D eigenvalue weighted by Gasteiger charge is -2.03. The molecule has 0 N–H and O–H groups in total. The molecule has 0 heterocycles. The van der Waals surface area contributed by atoms with E-state index in [0.29, 0.717) is 6.61 Å². The molecule has 0 aliphatic rings. The van der Waals surface area contributed by atoms with Crippen LogP contribution in [0.4, 0.5) is 0 Å². The Morgan fingerprint density at radius 2 is 2.00 bits per heavy atom. The zero-order valence-corrected chi connectivity index (χ0v) is 6.44. The van der Waals surface area contributed by atoms with Crippen LogP contribution < -0.4 is 0 Å². The van der Waals surface area contributed by atoms with Gasteiger partial charge < -0.3 is 0 Å². The van der Waals surface area contributed by atoms with E-state index in [9.17, 15) is 0 Å². The fraction of sp³-hybridized carbons (Fsp3) is 0.857. The smallest absolute Gasteiger partial charge is 0.129 e. The minimum absolute atomic E-state index is 0.696. The maximum Gasteiger partial charge on any atom is 0.129 e. The highest BCUT2D eigenvalue weighted by Gasteiger charge is 1.92. The third-order valence-electron chi connectivity index (χ3n) is 0.807. The van der Waals surface area contributed by atoms with Crippen molar-refractivity contribution in [2.75, 3.05) is 6.61 Å². The van der Waals surface area contributed by atoms with E-state index < -0.39 is 0 Å². The van der Waals surface area contributed by atoms with Crippen LogP contribution in [0.2, 0.25) is 0 Å². The third kappa shape index (κ3) is 7.92.